The van der Waals surface area contributed by atoms with Crippen molar-refractivity contribution >= 4 is 15.8 Å². The third-order valence-electron chi connectivity index (χ3n) is 3.85. The van der Waals surface area contributed by atoms with Crippen LogP contribution < -0.4 is 10.0 Å². The van der Waals surface area contributed by atoms with Gasteiger partial charge in [0.25, 0.3) is 0 Å². The molecule has 0 aliphatic carbocycles. The molecule has 0 aromatic carbocycles. The van der Waals surface area contributed by atoms with E-state index in [1.807, 2.05) is 25.1 Å². The summed E-state index contributed by atoms with van der Waals surface area (Å²) in [6, 6.07) is 6.00. The lowest BCUT2D eigenvalue weighted by atomic mass is 10.1. The number of sulfonamides is 1. The molecule has 0 radical (unpaired) electrons. The van der Waals surface area contributed by atoms with Crippen LogP contribution in [-0.2, 0) is 10.0 Å². The highest BCUT2D eigenvalue weighted by Gasteiger charge is 2.21. The molecular weight excluding hydrogens is 300 g/mol. The number of nitrogens with one attached hydrogen (secondary N) is 2. The standard InChI is InChI=1S/C15H26N4O2S/c1-13-5-3-6-15(18-13)16-11-14-7-10-19(12-14)9-4-8-17-22(2,20)21/h3,5-6,14,17H,4,7-12H2,1-2H3,(H,16,18)/t14-/m0/s1. The average molecular weight is 326 g/mol. The van der Waals surface area contributed by atoms with E-state index in [4.69, 9.17) is 0 Å². The van der Waals surface area contributed by atoms with Gasteiger partial charge in [0, 0.05) is 25.3 Å². The molecule has 0 amide bonds. The van der Waals surface area contributed by atoms with Crippen molar-refractivity contribution in [2.75, 3.05) is 44.3 Å². The second-order valence-electron chi connectivity index (χ2n) is 6.02. The highest BCUT2D eigenvalue weighted by atomic mass is 32.2. The molecule has 1 aliphatic rings. The summed E-state index contributed by atoms with van der Waals surface area (Å²) in [7, 11) is -3.06. The minimum atomic E-state index is -3.06. The van der Waals surface area contributed by atoms with Gasteiger partial charge in [-0.2, -0.15) is 0 Å². The second kappa shape index (κ2) is 7.89. The largest absolute Gasteiger partial charge is 0.370 e. The minimum absolute atomic E-state index is 0.519. The highest BCUT2D eigenvalue weighted by Crippen LogP contribution is 2.17. The lowest BCUT2D eigenvalue weighted by molar-refractivity contribution is 0.322. The van der Waals surface area contributed by atoms with Gasteiger partial charge >= 0.3 is 0 Å². The predicted octanol–water partition coefficient (Wildman–Crippen LogP) is 1.06. The fourth-order valence-corrected chi connectivity index (χ4v) is 3.25. The first kappa shape index (κ1) is 17.2. The normalized spacial score (nSPS) is 19.5. The van der Waals surface area contributed by atoms with Crippen LogP contribution in [0.5, 0.6) is 0 Å². The maximum atomic E-state index is 11.0. The Morgan fingerprint density at radius 3 is 2.95 bits per heavy atom. The summed E-state index contributed by atoms with van der Waals surface area (Å²) < 4.78 is 24.5. The van der Waals surface area contributed by atoms with Crippen LogP contribution in [0.4, 0.5) is 5.82 Å². The van der Waals surface area contributed by atoms with Crippen molar-refractivity contribution in [2.24, 2.45) is 5.92 Å². The number of hydrogen-bond acceptors (Lipinski definition) is 5. The molecule has 0 bridgehead atoms. The third-order valence-corrected chi connectivity index (χ3v) is 4.57. The number of likely N-dealkylation sites (tertiary alicyclic amines) is 1. The van der Waals surface area contributed by atoms with Crippen LogP contribution >= 0.6 is 0 Å². The summed E-state index contributed by atoms with van der Waals surface area (Å²) in [5.41, 5.74) is 1.02. The van der Waals surface area contributed by atoms with Crippen LogP contribution in [0.1, 0.15) is 18.5 Å². The summed E-state index contributed by atoms with van der Waals surface area (Å²) in [5, 5.41) is 3.41. The van der Waals surface area contributed by atoms with Crippen LogP contribution in [0, 0.1) is 12.8 Å². The van der Waals surface area contributed by atoms with E-state index in [0.717, 1.165) is 44.1 Å². The Bertz CT molecular complexity index is 577. The number of aromatic nitrogens is 1. The van der Waals surface area contributed by atoms with Gasteiger partial charge in [-0.05, 0) is 50.9 Å². The van der Waals surface area contributed by atoms with Crippen molar-refractivity contribution in [3.63, 3.8) is 0 Å². The zero-order valence-electron chi connectivity index (χ0n) is 13.4. The van der Waals surface area contributed by atoms with Crippen molar-refractivity contribution in [1.82, 2.24) is 14.6 Å². The molecule has 0 saturated carbocycles. The van der Waals surface area contributed by atoms with Crippen LogP contribution in [-0.4, -0.2) is 57.3 Å². The number of rotatable bonds is 8. The minimum Gasteiger partial charge on any atom is -0.370 e. The first-order valence-corrected chi connectivity index (χ1v) is 9.66. The molecule has 2 rings (SSSR count). The predicted molar refractivity (Wildman–Crippen MR) is 89.5 cm³/mol. The zero-order valence-corrected chi connectivity index (χ0v) is 14.2. The van der Waals surface area contributed by atoms with E-state index in [2.05, 4.69) is 19.9 Å². The lowest BCUT2D eigenvalue weighted by Crippen LogP contribution is -2.29. The number of pyridine rings is 1. The van der Waals surface area contributed by atoms with E-state index in [0.29, 0.717) is 12.5 Å². The maximum absolute atomic E-state index is 11.0. The van der Waals surface area contributed by atoms with E-state index in [1.165, 1.54) is 12.7 Å². The molecule has 1 aromatic rings. The molecule has 1 aliphatic heterocycles. The Morgan fingerprint density at radius 1 is 1.41 bits per heavy atom. The third kappa shape index (κ3) is 6.29. The summed E-state index contributed by atoms with van der Waals surface area (Å²) in [6.07, 6.45) is 3.23. The van der Waals surface area contributed by atoms with Crippen molar-refractivity contribution in [2.45, 2.75) is 19.8 Å². The highest BCUT2D eigenvalue weighted by molar-refractivity contribution is 7.88. The van der Waals surface area contributed by atoms with E-state index < -0.39 is 10.0 Å². The molecule has 1 atom stereocenters. The van der Waals surface area contributed by atoms with Crippen molar-refractivity contribution in [3.05, 3.63) is 23.9 Å². The smallest absolute Gasteiger partial charge is 0.208 e. The van der Waals surface area contributed by atoms with Crippen LogP contribution in [0.2, 0.25) is 0 Å². The molecule has 22 heavy (non-hydrogen) atoms. The fraction of sp³-hybridized carbons (Fsp3) is 0.667. The summed E-state index contributed by atoms with van der Waals surface area (Å²) in [6.45, 7) is 6.55. The lowest BCUT2D eigenvalue weighted by Gasteiger charge is -2.16. The van der Waals surface area contributed by atoms with Gasteiger partial charge in [-0.1, -0.05) is 6.07 Å². The van der Waals surface area contributed by atoms with Gasteiger partial charge < -0.3 is 10.2 Å². The molecule has 2 N–H and O–H groups in total. The van der Waals surface area contributed by atoms with Crippen LogP contribution in [0.3, 0.4) is 0 Å². The molecule has 2 heterocycles. The first-order valence-electron chi connectivity index (χ1n) is 7.77. The Hall–Kier alpha value is -1.18. The van der Waals surface area contributed by atoms with Crippen molar-refractivity contribution < 1.29 is 8.42 Å². The van der Waals surface area contributed by atoms with Gasteiger partial charge in [0.15, 0.2) is 0 Å². The van der Waals surface area contributed by atoms with E-state index in [-0.39, 0.29) is 0 Å². The zero-order chi connectivity index (χ0) is 16.0. The Kier molecular flexibility index (Phi) is 6.16. The molecular formula is C15H26N4O2S. The Labute approximate surface area is 133 Å². The number of nitrogens with zero attached hydrogens (tertiary/aromatic N) is 2. The Balaban J connectivity index is 1.63. The molecule has 7 heteroatoms. The summed E-state index contributed by atoms with van der Waals surface area (Å²) in [4.78, 5) is 6.85. The topological polar surface area (TPSA) is 74.3 Å². The van der Waals surface area contributed by atoms with Gasteiger partial charge in [0.1, 0.15) is 5.82 Å². The molecule has 124 valence electrons. The van der Waals surface area contributed by atoms with Gasteiger partial charge in [-0.25, -0.2) is 18.1 Å². The number of hydrogen-bond donors (Lipinski definition) is 2. The summed E-state index contributed by atoms with van der Waals surface area (Å²) >= 11 is 0. The Morgan fingerprint density at radius 2 is 2.23 bits per heavy atom. The first-order chi connectivity index (χ1) is 10.4. The van der Waals surface area contributed by atoms with Crippen LogP contribution in [0.25, 0.3) is 0 Å². The number of anilines is 1. The molecule has 0 unspecified atom stereocenters. The monoisotopic (exact) mass is 326 g/mol. The number of aryl methyl sites for hydroxylation is 1. The van der Waals surface area contributed by atoms with E-state index in [9.17, 15) is 8.42 Å². The summed E-state index contributed by atoms with van der Waals surface area (Å²) in [5.74, 6) is 1.57. The van der Waals surface area contributed by atoms with E-state index in [1.54, 1.807) is 0 Å². The van der Waals surface area contributed by atoms with Gasteiger partial charge in [0.05, 0.1) is 6.26 Å². The SMILES string of the molecule is Cc1cccc(NC[C@@H]2CCN(CCCNS(C)(=O)=O)C2)n1. The van der Waals surface area contributed by atoms with Gasteiger partial charge in [-0.3, -0.25) is 0 Å². The van der Waals surface area contributed by atoms with Gasteiger partial charge in [0.2, 0.25) is 10.0 Å². The quantitative estimate of drug-likeness (QED) is 0.699. The van der Waals surface area contributed by atoms with E-state index >= 15 is 0 Å². The van der Waals surface area contributed by atoms with Crippen molar-refractivity contribution in [3.8, 4) is 0 Å². The molecule has 1 saturated heterocycles. The second-order valence-corrected chi connectivity index (χ2v) is 7.85. The fourth-order valence-electron chi connectivity index (χ4n) is 2.73. The average Bonchev–Trinajstić information content (AvgIpc) is 2.88. The molecule has 1 aromatic heterocycles. The van der Waals surface area contributed by atoms with Crippen LogP contribution in [0.15, 0.2) is 18.2 Å². The maximum Gasteiger partial charge on any atom is 0.208 e. The molecule has 0 spiro atoms. The van der Waals surface area contributed by atoms with Gasteiger partial charge in [-0.15, -0.1) is 0 Å². The molecule has 1 fully saturated rings. The molecule has 6 nitrogen and oxygen atoms in total. The van der Waals surface area contributed by atoms with Crippen molar-refractivity contribution in [1.29, 1.82) is 0 Å².